The van der Waals surface area contributed by atoms with E-state index in [1.807, 2.05) is 6.07 Å². The van der Waals surface area contributed by atoms with E-state index in [-0.39, 0.29) is 5.91 Å². The monoisotopic (exact) mass is 372 g/mol. The first kappa shape index (κ1) is 17.1. The van der Waals surface area contributed by atoms with Gasteiger partial charge in [-0.05, 0) is 29.0 Å². The SMILES string of the molecule is O=C1/C(=C/c2ccc([O-])c([N+](=O)[O-])c2)SC(=S)N1Cc1cccnc1. The number of pyridine rings is 1. The largest absolute Gasteiger partial charge is 0.868 e. The smallest absolute Gasteiger partial charge is 0.266 e. The average Bonchev–Trinajstić information content (AvgIpc) is 2.85. The van der Waals surface area contributed by atoms with Crippen molar-refractivity contribution < 1.29 is 14.8 Å². The van der Waals surface area contributed by atoms with Crippen molar-refractivity contribution in [3.05, 3.63) is 68.9 Å². The number of carbonyl (C=O) groups excluding carboxylic acids is 1. The van der Waals surface area contributed by atoms with Crippen molar-refractivity contribution in [3.63, 3.8) is 0 Å². The zero-order valence-corrected chi connectivity index (χ0v) is 14.3. The van der Waals surface area contributed by atoms with Crippen molar-refractivity contribution in [1.29, 1.82) is 0 Å². The van der Waals surface area contributed by atoms with Crippen LogP contribution in [0.15, 0.2) is 47.6 Å². The predicted molar refractivity (Wildman–Crippen MR) is 95.5 cm³/mol. The number of amides is 1. The van der Waals surface area contributed by atoms with Gasteiger partial charge in [-0.15, -0.1) is 0 Å². The highest BCUT2D eigenvalue weighted by Gasteiger charge is 2.32. The molecule has 0 atom stereocenters. The molecule has 9 heteroatoms. The molecule has 1 saturated heterocycles. The molecule has 2 aromatic rings. The number of nitro benzene ring substituents is 1. The summed E-state index contributed by atoms with van der Waals surface area (Å²) < 4.78 is 0.398. The second kappa shape index (κ2) is 6.99. The third-order valence-corrected chi connectivity index (χ3v) is 4.79. The summed E-state index contributed by atoms with van der Waals surface area (Å²) in [6, 6.07) is 7.30. The van der Waals surface area contributed by atoms with Gasteiger partial charge in [-0.3, -0.25) is 24.8 Å². The van der Waals surface area contributed by atoms with Gasteiger partial charge in [-0.2, -0.15) is 0 Å². The van der Waals surface area contributed by atoms with Gasteiger partial charge in [-0.25, -0.2) is 0 Å². The molecule has 0 N–H and O–H groups in total. The van der Waals surface area contributed by atoms with Crippen molar-refractivity contribution in [3.8, 4) is 5.75 Å². The van der Waals surface area contributed by atoms with E-state index in [0.29, 0.717) is 21.3 Å². The van der Waals surface area contributed by atoms with E-state index >= 15 is 0 Å². The van der Waals surface area contributed by atoms with E-state index in [0.717, 1.165) is 29.5 Å². The second-order valence-electron chi connectivity index (χ2n) is 5.11. The Balaban J connectivity index is 1.85. The van der Waals surface area contributed by atoms with E-state index in [9.17, 15) is 20.0 Å². The zero-order valence-electron chi connectivity index (χ0n) is 12.6. The summed E-state index contributed by atoms with van der Waals surface area (Å²) in [6.07, 6.45) is 4.79. The fourth-order valence-electron chi connectivity index (χ4n) is 2.23. The van der Waals surface area contributed by atoms with E-state index < -0.39 is 16.4 Å². The Bertz CT molecular complexity index is 900. The van der Waals surface area contributed by atoms with Crippen LogP contribution in [-0.4, -0.2) is 25.0 Å². The van der Waals surface area contributed by atoms with Crippen molar-refractivity contribution in [2.24, 2.45) is 0 Å². The average molecular weight is 372 g/mol. The zero-order chi connectivity index (χ0) is 18.0. The van der Waals surface area contributed by atoms with Crippen molar-refractivity contribution in [2.75, 3.05) is 0 Å². The third-order valence-electron chi connectivity index (χ3n) is 3.41. The fourth-order valence-corrected chi connectivity index (χ4v) is 3.48. The van der Waals surface area contributed by atoms with Gasteiger partial charge in [0, 0.05) is 18.5 Å². The molecule has 1 amide bonds. The maximum absolute atomic E-state index is 12.5. The lowest BCUT2D eigenvalue weighted by molar-refractivity contribution is -0.398. The first-order valence-electron chi connectivity index (χ1n) is 7.05. The summed E-state index contributed by atoms with van der Waals surface area (Å²) in [5.74, 6) is -0.959. The van der Waals surface area contributed by atoms with Crippen LogP contribution in [0.1, 0.15) is 11.1 Å². The lowest BCUT2D eigenvalue weighted by atomic mass is 10.1. The molecule has 1 fully saturated rings. The summed E-state index contributed by atoms with van der Waals surface area (Å²) in [4.78, 5) is 28.5. The molecule has 25 heavy (non-hydrogen) atoms. The molecular weight excluding hydrogens is 362 g/mol. The first-order valence-corrected chi connectivity index (χ1v) is 8.28. The molecule has 3 rings (SSSR count). The summed E-state index contributed by atoms with van der Waals surface area (Å²) >= 11 is 6.36. The van der Waals surface area contributed by atoms with E-state index in [1.54, 1.807) is 18.5 Å². The van der Waals surface area contributed by atoms with Crippen LogP contribution in [-0.2, 0) is 11.3 Å². The van der Waals surface area contributed by atoms with Gasteiger partial charge >= 0.3 is 0 Å². The summed E-state index contributed by atoms with van der Waals surface area (Å²) in [7, 11) is 0. The molecule has 1 aromatic heterocycles. The van der Waals surface area contributed by atoms with Gasteiger partial charge in [-0.1, -0.05) is 42.2 Å². The van der Waals surface area contributed by atoms with E-state index in [1.165, 1.54) is 17.0 Å². The fraction of sp³-hybridized carbons (Fsp3) is 0.0625. The Morgan fingerprint density at radius 1 is 1.36 bits per heavy atom. The van der Waals surface area contributed by atoms with Crippen LogP contribution in [0.3, 0.4) is 0 Å². The highest BCUT2D eigenvalue weighted by molar-refractivity contribution is 8.26. The molecule has 1 aliphatic rings. The van der Waals surface area contributed by atoms with E-state index in [4.69, 9.17) is 12.2 Å². The Hall–Kier alpha value is -2.78. The van der Waals surface area contributed by atoms with Gasteiger partial charge in [0.25, 0.3) is 11.6 Å². The maximum atomic E-state index is 12.5. The molecule has 1 aliphatic heterocycles. The molecule has 0 unspecified atom stereocenters. The van der Waals surface area contributed by atoms with Crippen LogP contribution >= 0.6 is 24.0 Å². The highest BCUT2D eigenvalue weighted by atomic mass is 32.2. The molecule has 0 aliphatic carbocycles. The topological polar surface area (TPSA) is 99.4 Å². The lowest BCUT2D eigenvalue weighted by Crippen LogP contribution is -2.27. The minimum absolute atomic E-state index is 0.285. The van der Waals surface area contributed by atoms with Gasteiger partial charge < -0.3 is 5.11 Å². The number of benzene rings is 1. The van der Waals surface area contributed by atoms with E-state index in [2.05, 4.69) is 4.98 Å². The number of rotatable bonds is 4. The third kappa shape index (κ3) is 3.67. The predicted octanol–water partition coefficient (Wildman–Crippen LogP) is 2.46. The van der Waals surface area contributed by atoms with Crippen LogP contribution in [0.5, 0.6) is 5.75 Å². The lowest BCUT2D eigenvalue weighted by Gasteiger charge is -2.13. The van der Waals surface area contributed by atoms with Crippen LogP contribution in [0.4, 0.5) is 5.69 Å². The van der Waals surface area contributed by atoms with Crippen molar-refractivity contribution in [1.82, 2.24) is 9.88 Å². The number of thioether (sulfide) groups is 1. The van der Waals surface area contributed by atoms with Crippen LogP contribution in [0.25, 0.3) is 6.08 Å². The molecule has 0 spiro atoms. The summed E-state index contributed by atoms with van der Waals surface area (Å²) in [5, 5.41) is 22.3. The van der Waals surface area contributed by atoms with Crippen LogP contribution < -0.4 is 5.11 Å². The molecule has 0 radical (unpaired) electrons. The molecule has 126 valence electrons. The van der Waals surface area contributed by atoms with Gasteiger partial charge in [0.1, 0.15) is 4.32 Å². The quantitative estimate of drug-likeness (QED) is 0.352. The summed E-state index contributed by atoms with van der Waals surface area (Å²) in [5.41, 5.74) is 0.708. The molecule has 2 heterocycles. The molecular formula is C16H10N3O4S2-. The molecule has 7 nitrogen and oxygen atoms in total. The normalized spacial score (nSPS) is 15.8. The second-order valence-corrected chi connectivity index (χ2v) is 6.79. The number of nitrogens with zero attached hydrogens (tertiary/aromatic N) is 3. The molecule has 0 saturated carbocycles. The number of carbonyl (C=O) groups is 1. The minimum atomic E-state index is -0.743. The molecule has 1 aromatic carbocycles. The highest BCUT2D eigenvalue weighted by Crippen LogP contribution is 2.34. The Labute approximate surface area is 152 Å². The summed E-state index contributed by atoms with van der Waals surface area (Å²) in [6.45, 7) is 0.301. The number of thiocarbonyl (C=S) groups is 1. The number of nitro groups is 1. The van der Waals surface area contributed by atoms with Gasteiger partial charge in [0.2, 0.25) is 0 Å². The van der Waals surface area contributed by atoms with Gasteiger partial charge in [0.05, 0.1) is 16.4 Å². The number of aromatic nitrogens is 1. The Morgan fingerprint density at radius 3 is 2.84 bits per heavy atom. The Morgan fingerprint density at radius 2 is 2.16 bits per heavy atom. The minimum Gasteiger partial charge on any atom is -0.868 e. The maximum Gasteiger partial charge on any atom is 0.266 e. The Kier molecular flexibility index (Phi) is 4.77. The van der Waals surface area contributed by atoms with Crippen LogP contribution in [0, 0.1) is 10.1 Å². The standard InChI is InChI=1S/C16H11N3O4S2/c20-13-4-3-10(6-12(13)19(22)23)7-14-15(21)18(16(24)25-14)9-11-2-1-5-17-8-11/h1-8,20H,9H2/p-1/b14-7-. The van der Waals surface area contributed by atoms with Crippen molar-refractivity contribution in [2.45, 2.75) is 6.54 Å². The molecule has 0 bridgehead atoms. The van der Waals surface area contributed by atoms with Gasteiger partial charge in [0.15, 0.2) is 0 Å². The number of hydrogen-bond acceptors (Lipinski definition) is 7. The first-order chi connectivity index (χ1) is 12.0. The van der Waals surface area contributed by atoms with Crippen molar-refractivity contribution >= 4 is 46.0 Å². The number of hydrogen-bond donors (Lipinski definition) is 0. The van der Waals surface area contributed by atoms with Crippen LogP contribution in [0.2, 0.25) is 0 Å².